The van der Waals surface area contributed by atoms with E-state index in [4.69, 9.17) is 0 Å². The molecule has 1 heterocycles. The van der Waals surface area contributed by atoms with Crippen LogP contribution in [0.2, 0.25) is 0 Å². The topological polar surface area (TPSA) is 49.4 Å². The van der Waals surface area contributed by atoms with E-state index in [0.717, 1.165) is 24.3 Å². The van der Waals surface area contributed by atoms with Crippen LogP contribution in [-0.4, -0.2) is 26.1 Å². The molecule has 1 aliphatic heterocycles. The van der Waals surface area contributed by atoms with Gasteiger partial charge in [-0.05, 0) is 31.2 Å². The smallest absolute Gasteiger partial charge is 0.232 e. The molecule has 0 radical (unpaired) electrons. The van der Waals surface area contributed by atoms with E-state index in [-0.39, 0.29) is 5.75 Å². The third kappa shape index (κ3) is 2.20. The average Bonchev–Trinajstić information content (AvgIpc) is 2.59. The monoisotopic (exact) mass is 240 g/mol. The molecule has 0 saturated heterocycles. The minimum absolute atomic E-state index is 0.104. The van der Waals surface area contributed by atoms with E-state index in [1.165, 1.54) is 5.56 Å². The summed E-state index contributed by atoms with van der Waals surface area (Å²) in [6, 6.07) is 5.76. The molecule has 0 amide bonds. The lowest BCUT2D eigenvalue weighted by Crippen LogP contribution is -2.16. The highest BCUT2D eigenvalue weighted by molar-refractivity contribution is 7.92. The molecule has 0 unspecified atom stereocenters. The summed E-state index contributed by atoms with van der Waals surface area (Å²) >= 11 is 0. The summed E-state index contributed by atoms with van der Waals surface area (Å²) in [5, 5.41) is 0. The molecule has 0 aromatic heterocycles. The van der Waals surface area contributed by atoms with Crippen molar-refractivity contribution in [2.45, 2.75) is 20.0 Å². The van der Waals surface area contributed by atoms with Crippen molar-refractivity contribution >= 4 is 15.7 Å². The van der Waals surface area contributed by atoms with Crippen molar-refractivity contribution in [3.8, 4) is 0 Å². The van der Waals surface area contributed by atoms with Gasteiger partial charge in [-0.1, -0.05) is 12.1 Å². The van der Waals surface area contributed by atoms with Crippen molar-refractivity contribution in [1.82, 2.24) is 4.90 Å². The molecule has 0 fully saturated rings. The van der Waals surface area contributed by atoms with E-state index >= 15 is 0 Å². The predicted octanol–water partition coefficient (Wildman–Crippen LogP) is 1.39. The van der Waals surface area contributed by atoms with Crippen LogP contribution in [0.3, 0.4) is 0 Å². The van der Waals surface area contributed by atoms with Crippen LogP contribution in [0.1, 0.15) is 18.1 Å². The van der Waals surface area contributed by atoms with Gasteiger partial charge in [0.05, 0.1) is 11.4 Å². The molecule has 0 saturated carbocycles. The molecule has 4 nitrogen and oxygen atoms in total. The zero-order valence-corrected chi connectivity index (χ0v) is 10.3. The van der Waals surface area contributed by atoms with Crippen LogP contribution < -0.4 is 4.72 Å². The quantitative estimate of drug-likeness (QED) is 0.868. The van der Waals surface area contributed by atoms with Gasteiger partial charge in [-0.15, -0.1) is 0 Å². The van der Waals surface area contributed by atoms with Gasteiger partial charge >= 0.3 is 0 Å². The van der Waals surface area contributed by atoms with E-state index in [1.807, 2.05) is 25.2 Å². The minimum Gasteiger partial charge on any atom is -0.298 e. The molecule has 5 heteroatoms. The van der Waals surface area contributed by atoms with Crippen molar-refractivity contribution in [2.24, 2.45) is 0 Å². The number of hydrogen-bond donors (Lipinski definition) is 1. The molecule has 0 atom stereocenters. The van der Waals surface area contributed by atoms with Gasteiger partial charge in [-0.3, -0.25) is 9.62 Å². The zero-order chi connectivity index (χ0) is 11.8. The van der Waals surface area contributed by atoms with Gasteiger partial charge in [0.2, 0.25) is 10.0 Å². The first kappa shape index (κ1) is 11.4. The number of fused-ring (bicyclic) bond motifs is 1. The van der Waals surface area contributed by atoms with Crippen LogP contribution >= 0.6 is 0 Å². The fraction of sp³-hybridized carbons (Fsp3) is 0.455. The molecule has 0 spiro atoms. The first-order valence-corrected chi connectivity index (χ1v) is 6.97. The molecule has 1 aromatic rings. The van der Waals surface area contributed by atoms with Gasteiger partial charge in [0.1, 0.15) is 0 Å². The van der Waals surface area contributed by atoms with Gasteiger partial charge in [-0.2, -0.15) is 0 Å². The molecule has 0 aliphatic carbocycles. The number of nitrogens with one attached hydrogen (secondary N) is 1. The predicted molar refractivity (Wildman–Crippen MR) is 64.7 cm³/mol. The van der Waals surface area contributed by atoms with E-state index in [9.17, 15) is 8.42 Å². The number of hydrogen-bond acceptors (Lipinski definition) is 3. The summed E-state index contributed by atoms with van der Waals surface area (Å²) in [6.45, 7) is 3.33. The second-order valence-corrected chi connectivity index (χ2v) is 6.13. The van der Waals surface area contributed by atoms with Gasteiger partial charge in [0.15, 0.2) is 0 Å². The SMILES string of the molecule is CCS(=O)(=O)Nc1cccc2c1CN(C)C2. The van der Waals surface area contributed by atoms with Gasteiger partial charge in [-0.25, -0.2) is 8.42 Å². The highest BCUT2D eigenvalue weighted by Crippen LogP contribution is 2.28. The summed E-state index contributed by atoms with van der Waals surface area (Å²) in [5.74, 6) is 0.104. The number of anilines is 1. The van der Waals surface area contributed by atoms with E-state index < -0.39 is 10.0 Å². The Kier molecular flexibility index (Phi) is 2.90. The maximum Gasteiger partial charge on any atom is 0.232 e. The fourth-order valence-corrected chi connectivity index (χ4v) is 2.59. The van der Waals surface area contributed by atoms with E-state index in [1.54, 1.807) is 6.92 Å². The van der Waals surface area contributed by atoms with Crippen LogP contribution in [0, 0.1) is 0 Å². The molecule has 88 valence electrons. The molecular weight excluding hydrogens is 224 g/mol. The van der Waals surface area contributed by atoms with Crippen LogP contribution in [0.25, 0.3) is 0 Å². The number of nitrogens with zero attached hydrogens (tertiary/aromatic N) is 1. The maximum atomic E-state index is 11.5. The number of rotatable bonds is 3. The van der Waals surface area contributed by atoms with Gasteiger partial charge in [0, 0.05) is 13.1 Å². The average molecular weight is 240 g/mol. The summed E-state index contributed by atoms with van der Waals surface area (Å²) < 4.78 is 25.7. The van der Waals surface area contributed by atoms with Gasteiger partial charge in [0.25, 0.3) is 0 Å². The number of sulfonamides is 1. The Labute approximate surface area is 96.3 Å². The highest BCUT2D eigenvalue weighted by Gasteiger charge is 2.20. The number of benzene rings is 1. The molecule has 1 N–H and O–H groups in total. The third-order valence-electron chi connectivity index (χ3n) is 2.79. The molecule has 2 rings (SSSR count). The largest absolute Gasteiger partial charge is 0.298 e. The lowest BCUT2D eigenvalue weighted by molar-refractivity contribution is 0.353. The summed E-state index contributed by atoms with van der Waals surface area (Å²) in [5.41, 5.74) is 3.03. The van der Waals surface area contributed by atoms with Crippen molar-refractivity contribution in [1.29, 1.82) is 0 Å². The van der Waals surface area contributed by atoms with Crippen LogP contribution in [0.15, 0.2) is 18.2 Å². The van der Waals surface area contributed by atoms with E-state index in [2.05, 4.69) is 9.62 Å². The lowest BCUT2D eigenvalue weighted by atomic mass is 10.1. The van der Waals surface area contributed by atoms with Gasteiger partial charge < -0.3 is 0 Å². The summed E-state index contributed by atoms with van der Waals surface area (Å²) in [4.78, 5) is 2.16. The standard InChI is InChI=1S/C11H16N2O2S/c1-3-16(14,15)12-11-6-4-5-9-7-13(2)8-10(9)11/h4-6,12H,3,7-8H2,1-2H3. The first-order chi connectivity index (χ1) is 7.52. The molecule has 1 aromatic carbocycles. The van der Waals surface area contributed by atoms with Crippen molar-refractivity contribution in [2.75, 3.05) is 17.5 Å². The first-order valence-electron chi connectivity index (χ1n) is 5.31. The summed E-state index contributed by atoms with van der Waals surface area (Å²) in [7, 11) is -1.15. The highest BCUT2D eigenvalue weighted by atomic mass is 32.2. The Bertz CT molecular complexity index is 497. The Hall–Kier alpha value is -1.07. The Morgan fingerprint density at radius 3 is 2.81 bits per heavy atom. The zero-order valence-electron chi connectivity index (χ0n) is 9.53. The van der Waals surface area contributed by atoms with Crippen molar-refractivity contribution in [3.63, 3.8) is 0 Å². The van der Waals surface area contributed by atoms with Crippen molar-refractivity contribution < 1.29 is 8.42 Å². The third-order valence-corrected chi connectivity index (χ3v) is 4.08. The lowest BCUT2D eigenvalue weighted by Gasteiger charge is -2.10. The normalized spacial score (nSPS) is 16.1. The van der Waals surface area contributed by atoms with Crippen molar-refractivity contribution in [3.05, 3.63) is 29.3 Å². The van der Waals surface area contributed by atoms with Crippen LogP contribution in [0.4, 0.5) is 5.69 Å². The van der Waals surface area contributed by atoms with E-state index in [0.29, 0.717) is 0 Å². The Morgan fingerprint density at radius 2 is 2.12 bits per heavy atom. The second-order valence-electron chi connectivity index (χ2n) is 4.12. The molecule has 0 bridgehead atoms. The maximum absolute atomic E-state index is 11.5. The summed E-state index contributed by atoms with van der Waals surface area (Å²) in [6.07, 6.45) is 0. The Morgan fingerprint density at radius 1 is 1.38 bits per heavy atom. The fourth-order valence-electron chi connectivity index (χ4n) is 1.92. The van der Waals surface area contributed by atoms with Crippen LogP contribution in [-0.2, 0) is 23.1 Å². The van der Waals surface area contributed by atoms with Crippen LogP contribution in [0.5, 0.6) is 0 Å². The molecule has 16 heavy (non-hydrogen) atoms. The molecular formula is C11H16N2O2S. The minimum atomic E-state index is -3.18. The Balaban J connectivity index is 2.34. The molecule has 1 aliphatic rings. The second kappa shape index (κ2) is 4.07.